The first-order valence-corrected chi connectivity index (χ1v) is 15.1. The molecule has 0 radical (unpaired) electrons. The number of rotatable bonds is 6. The van der Waals surface area contributed by atoms with E-state index in [0.717, 1.165) is 35.4 Å². The van der Waals surface area contributed by atoms with E-state index in [2.05, 4.69) is 45.0 Å². The summed E-state index contributed by atoms with van der Waals surface area (Å²) in [6.07, 6.45) is 7.10. The van der Waals surface area contributed by atoms with Crippen molar-refractivity contribution in [3.63, 3.8) is 0 Å². The quantitative estimate of drug-likeness (QED) is 0.333. The van der Waals surface area contributed by atoms with Crippen molar-refractivity contribution >= 4 is 15.4 Å². The predicted molar refractivity (Wildman–Crippen MR) is 145 cm³/mol. The zero-order valence-corrected chi connectivity index (χ0v) is 23.1. The molecule has 8 nitrogen and oxygen atoms in total. The Morgan fingerprint density at radius 2 is 1.90 bits per heavy atom. The molecule has 2 aliphatic rings. The maximum atomic E-state index is 14.6. The molecule has 1 saturated carbocycles. The third-order valence-electron chi connectivity index (χ3n) is 8.47. The number of hydrogen-bond donors (Lipinski definition) is 0. The highest BCUT2D eigenvalue weighted by Gasteiger charge is 2.65. The van der Waals surface area contributed by atoms with Gasteiger partial charge in [-0.2, -0.15) is 9.78 Å². The number of nitrogens with zero attached hydrogens (tertiary/aromatic N) is 7. The Labute approximate surface area is 226 Å². The van der Waals surface area contributed by atoms with Crippen LogP contribution in [-0.2, 0) is 21.4 Å². The average Bonchev–Trinajstić information content (AvgIpc) is 3.50. The van der Waals surface area contributed by atoms with Gasteiger partial charge in [0, 0.05) is 24.6 Å². The van der Waals surface area contributed by atoms with E-state index in [1.807, 2.05) is 6.92 Å². The van der Waals surface area contributed by atoms with Crippen molar-refractivity contribution in [2.45, 2.75) is 51.4 Å². The average molecular weight is 550 g/mol. The lowest BCUT2D eigenvalue weighted by Crippen LogP contribution is -2.39. The molecular weight excluding hydrogens is 520 g/mol. The van der Waals surface area contributed by atoms with E-state index in [1.54, 1.807) is 24.8 Å². The summed E-state index contributed by atoms with van der Waals surface area (Å²) >= 11 is 0. The highest BCUT2D eigenvalue weighted by atomic mass is 32.2. The normalized spacial score (nSPS) is 22.6. The molecule has 1 unspecified atom stereocenters. The molecule has 202 valence electrons. The third-order valence-corrected chi connectivity index (χ3v) is 9.53. The van der Waals surface area contributed by atoms with Crippen LogP contribution in [-0.4, -0.2) is 57.0 Å². The fourth-order valence-corrected chi connectivity index (χ4v) is 7.12. The summed E-state index contributed by atoms with van der Waals surface area (Å²) < 4.78 is 42.7. The monoisotopic (exact) mass is 549 g/mol. The van der Waals surface area contributed by atoms with Gasteiger partial charge in [-0.05, 0) is 75.8 Å². The summed E-state index contributed by atoms with van der Waals surface area (Å²) in [7, 11) is -2.15. The van der Waals surface area contributed by atoms with E-state index in [0.29, 0.717) is 23.9 Å². The SMILES string of the molecule is C=S(C)(=O)CCc1ncn(-c2ncc(C)c([C@@]34CC[C@@H](c5cc(-c6c(F)cccc6F)nnc53)C4(C)C)n2)n1. The largest absolute Gasteiger partial charge is 0.268 e. The van der Waals surface area contributed by atoms with Crippen LogP contribution in [0, 0.1) is 24.0 Å². The van der Waals surface area contributed by atoms with Gasteiger partial charge in [0.25, 0.3) is 5.95 Å². The summed E-state index contributed by atoms with van der Waals surface area (Å²) in [6, 6.07) is 5.59. The number of halogens is 2. The van der Waals surface area contributed by atoms with E-state index >= 15 is 0 Å². The van der Waals surface area contributed by atoms with Crippen LogP contribution in [0.2, 0.25) is 0 Å². The Balaban J connectivity index is 1.45. The molecule has 1 fully saturated rings. The zero-order valence-electron chi connectivity index (χ0n) is 22.3. The molecule has 4 aromatic rings. The van der Waals surface area contributed by atoms with Gasteiger partial charge >= 0.3 is 0 Å². The second kappa shape index (κ2) is 8.70. The fourth-order valence-electron chi connectivity index (χ4n) is 6.50. The molecule has 2 bridgehead atoms. The molecule has 1 aromatic carbocycles. The lowest BCUT2D eigenvalue weighted by atomic mass is 9.65. The molecule has 0 amide bonds. The van der Waals surface area contributed by atoms with Gasteiger partial charge in [-0.15, -0.1) is 10.2 Å². The first kappa shape index (κ1) is 25.7. The van der Waals surface area contributed by atoms with Crippen molar-refractivity contribution in [3.8, 4) is 17.2 Å². The van der Waals surface area contributed by atoms with Gasteiger partial charge in [0.05, 0.1) is 28.1 Å². The molecule has 3 heterocycles. The highest BCUT2D eigenvalue weighted by Crippen LogP contribution is 2.69. The smallest absolute Gasteiger partial charge is 0.252 e. The molecule has 0 spiro atoms. The van der Waals surface area contributed by atoms with Crippen LogP contribution in [0.5, 0.6) is 0 Å². The van der Waals surface area contributed by atoms with Gasteiger partial charge < -0.3 is 0 Å². The molecule has 3 atom stereocenters. The second-order valence-corrected chi connectivity index (χ2v) is 14.1. The number of hydrogen-bond acceptors (Lipinski definition) is 7. The minimum atomic E-state index is -2.15. The second-order valence-electron chi connectivity index (χ2n) is 11.3. The summed E-state index contributed by atoms with van der Waals surface area (Å²) in [4.78, 5) is 13.9. The molecular formula is C28H29F2N7OS. The number of aryl methyl sites for hydroxylation is 2. The van der Waals surface area contributed by atoms with Crippen LogP contribution in [0.1, 0.15) is 60.9 Å². The number of fused-ring (bicyclic) bond motifs is 5. The van der Waals surface area contributed by atoms with Crippen molar-refractivity contribution < 1.29 is 13.0 Å². The van der Waals surface area contributed by atoms with Crippen LogP contribution in [0.3, 0.4) is 0 Å². The van der Waals surface area contributed by atoms with Crippen molar-refractivity contribution in [1.82, 2.24) is 34.9 Å². The Hall–Kier alpha value is -3.60. The van der Waals surface area contributed by atoms with Crippen LogP contribution in [0.4, 0.5) is 8.78 Å². The summed E-state index contributed by atoms with van der Waals surface area (Å²) in [5, 5.41) is 13.5. The van der Waals surface area contributed by atoms with E-state index in [1.165, 1.54) is 22.9 Å². The highest BCUT2D eigenvalue weighted by molar-refractivity contribution is 7.99. The van der Waals surface area contributed by atoms with Crippen LogP contribution >= 0.6 is 0 Å². The lowest BCUT2D eigenvalue weighted by molar-refractivity contribution is 0.241. The Bertz CT molecular complexity index is 1710. The minimum absolute atomic E-state index is 0.124. The summed E-state index contributed by atoms with van der Waals surface area (Å²) in [5.74, 6) is 3.80. The standard InChI is InChI=1S/C28H29F2N7OS/c1-16-14-31-26(37-15-32-22(36-37)10-12-39(4,5)38)33-24(16)28-11-9-18(27(28,2)3)17-13-21(34-35-25(17)28)23-19(29)7-6-8-20(23)30/h6-8,13-15,18H,4,9-12H2,1-3,5H3/t18-,28-,39?/m0/s1. The fraction of sp³-hybridized carbons (Fsp3) is 0.393. The van der Waals surface area contributed by atoms with Gasteiger partial charge in [-0.1, -0.05) is 19.9 Å². The van der Waals surface area contributed by atoms with Crippen molar-refractivity contribution in [3.05, 3.63) is 76.8 Å². The molecule has 0 saturated heterocycles. The van der Waals surface area contributed by atoms with Crippen molar-refractivity contribution in [1.29, 1.82) is 0 Å². The Morgan fingerprint density at radius 3 is 2.62 bits per heavy atom. The molecule has 11 heteroatoms. The molecule has 39 heavy (non-hydrogen) atoms. The van der Waals surface area contributed by atoms with Crippen LogP contribution in [0.25, 0.3) is 17.2 Å². The number of aromatic nitrogens is 7. The minimum Gasteiger partial charge on any atom is -0.268 e. The Kier molecular flexibility index (Phi) is 5.73. The van der Waals surface area contributed by atoms with Gasteiger partial charge in [-0.25, -0.2) is 23.7 Å². The van der Waals surface area contributed by atoms with E-state index in [-0.39, 0.29) is 22.6 Å². The predicted octanol–water partition coefficient (Wildman–Crippen LogP) is 4.19. The maximum absolute atomic E-state index is 14.6. The molecule has 2 aliphatic carbocycles. The van der Waals surface area contributed by atoms with Crippen molar-refractivity contribution in [2.24, 2.45) is 5.41 Å². The molecule has 0 N–H and O–H groups in total. The van der Waals surface area contributed by atoms with Gasteiger partial charge in [-0.3, -0.25) is 4.21 Å². The molecule has 6 rings (SSSR count). The van der Waals surface area contributed by atoms with Gasteiger partial charge in [0.2, 0.25) is 0 Å². The first-order valence-electron chi connectivity index (χ1n) is 12.8. The van der Waals surface area contributed by atoms with E-state index in [9.17, 15) is 13.0 Å². The maximum Gasteiger partial charge on any atom is 0.252 e. The van der Waals surface area contributed by atoms with Gasteiger partial charge in [0.1, 0.15) is 18.0 Å². The van der Waals surface area contributed by atoms with Crippen LogP contribution < -0.4 is 0 Å². The van der Waals surface area contributed by atoms with Gasteiger partial charge in [0.15, 0.2) is 5.82 Å². The summed E-state index contributed by atoms with van der Waals surface area (Å²) in [5.41, 5.74) is 2.69. The molecule has 3 aromatic heterocycles. The number of benzene rings is 1. The lowest BCUT2D eigenvalue weighted by Gasteiger charge is -2.38. The van der Waals surface area contributed by atoms with Crippen molar-refractivity contribution in [2.75, 3.05) is 12.0 Å². The van der Waals surface area contributed by atoms with E-state index < -0.39 is 26.6 Å². The Morgan fingerprint density at radius 1 is 1.15 bits per heavy atom. The topological polar surface area (TPSA) is 99.3 Å². The summed E-state index contributed by atoms with van der Waals surface area (Å²) in [6.45, 7) is 6.38. The zero-order chi connectivity index (χ0) is 27.7. The first-order chi connectivity index (χ1) is 18.4. The van der Waals surface area contributed by atoms with Crippen LogP contribution in [0.15, 0.2) is 36.8 Å². The van der Waals surface area contributed by atoms with E-state index in [4.69, 9.17) is 4.98 Å². The molecule has 0 aliphatic heterocycles. The third kappa shape index (κ3) is 3.89.